The minimum atomic E-state index is 0.411. The maximum Gasteiger partial charge on any atom is 0.104 e. The molecule has 1 heterocycles. The number of ether oxygens (including phenoxy) is 1. The van der Waals surface area contributed by atoms with Crippen LogP contribution in [0, 0.1) is 5.92 Å². The first-order valence-corrected chi connectivity index (χ1v) is 5.06. The van der Waals surface area contributed by atoms with E-state index in [-0.39, 0.29) is 0 Å². The lowest BCUT2D eigenvalue weighted by molar-refractivity contribution is 0.131. The van der Waals surface area contributed by atoms with Gasteiger partial charge in [-0.25, -0.2) is 0 Å². The molecule has 13 heavy (non-hydrogen) atoms. The summed E-state index contributed by atoms with van der Waals surface area (Å²) in [5, 5.41) is 0. The van der Waals surface area contributed by atoms with E-state index < -0.39 is 0 Å². The molecule has 1 nitrogen and oxygen atoms in total. The maximum absolute atomic E-state index is 5.49. The molecule has 1 aliphatic heterocycles. The molecule has 2 unspecified atom stereocenters. The van der Waals surface area contributed by atoms with Crippen molar-refractivity contribution in [3.63, 3.8) is 0 Å². The first kappa shape index (κ1) is 10.4. The second-order valence-corrected chi connectivity index (χ2v) is 4.18. The van der Waals surface area contributed by atoms with Crippen LogP contribution >= 0.6 is 0 Å². The Hall–Kier alpha value is -0.720. The first-order chi connectivity index (χ1) is 6.11. The van der Waals surface area contributed by atoms with Gasteiger partial charge >= 0.3 is 0 Å². The van der Waals surface area contributed by atoms with Crippen LogP contribution in [0.25, 0.3) is 0 Å². The van der Waals surface area contributed by atoms with Gasteiger partial charge in [-0.05, 0) is 39.7 Å². The smallest absolute Gasteiger partial charge is 0.104 e. The molecule has 2 atom stereocenters. The molecular formula is C12H20O. The van der Waals surface area contributed by atoms with E-state index in [1.54, 1.807) is 0 Å². The molecule has 1 aliphatic rings. The molecule has 0 saturated carbocycles. The molecule has 0 aliphatic carbocycles. The zero-order valence-corrected chi connectivity index (χ0v) is 9.13. The fraction of sp³-hybridized carbons (Fsp3) is 0.667. The summed E-state index contributed by atoms with van der Waals surface area (Å²) in [5.41, 5.74) is 2.95. The summed E-state index contributed by atoms with van der Waals surface area (Å²) in [6.45, 7) is 8.77. The Morgan fingerprint density at radius 1 is 1.31 bits per heavy atom. The molecule has 0 aromatic rings. The highest BCUT2D eigenvalue weighted by molar-refractivity contribution is 5.07. The van der Waals surface area contributed by atoms with Gasteiger partial charge in [-0.2, -0.15) is 0 Å². The highest BCUT2D eigenvalue weighted by atomic mass is 16.5. The summed E-state index contributed by atoms with van der Waals surface area (Å²) in [7, 11) is 0. The SMILES string of the molecule is CC(C)=C(C)CCC1OC=CC1C. The van der Waals surface area contributed by atoms with Crippen molar-refractivity contribution < 1.29 is 4.74 Å². The van der Waals surface area contributed by atoms with Gasteiger partial charge in [0.05, 0.1) is 6.26 Å². The highest BCUT2D eigenvalue weighted by Crippen LogP contribution is 2.23. The first-order valence-electron chi connectivity index (χ1n) is 5.06. The van der Waals surface area contributed by atoms with Crippen molar-refractivity contribution in [3.05, 3.63) is 23.5 Å². The van der Waals surface area contributed by atoms with Gasteiger partial charge in [-0.1, -0.05) is 18.1 Å². The monoisotopic (exact) mass is 180 g/mol. The standard InChI is InChI=1S/C12H20O/c1-9(2)10(3)5-6-12-11(4)7-8-13-12/h7-8,11-12H,5-6H2,1-4H3. The van der Waals surface area contributed by atoms with Crippen LogP contribution in [0.3, 0.4) is 0 Å². The minimum absolute atomic E-state index is 0.411. The van der Waals surface area contributed by atoms with E-state index >= 15 is 0 Å². The summed E-state index contributed by atoms with van der Waals surface area (Å²) in [4.78, 5) is 0. The van der Waals surface area contributed by atoms with Crippen LogP contribution in [-0.2, 0) is 4.74 Å². The van der Waals surface area contributed by atoms with Crippen LogP contribution in [0.2, 0.25) is 0 Å². The van der Waals surface area contributed by atoms with E-state index in [2.05, 4.69) is 33.8 Å². The number of hydrogen-bond acceptors (Lipinski definition) is 1. The van der Waals surface area contributed by atoms with Gasteiger partial charge in [-0.15, -0.1) is 0 Å². The average molecular weight is 180 g/mol. The summed E-state index contributed by atoms with van der Waals surface area (Å²) in [6.07, 6.45) is 6.70. The topological polar surface area (TPSA) is 9.23 Å². The molecule has 0 radical (unpaired) electrons. The molecule has 0 saturated heterocycles. The number of allylic oxidation sites excluding steroid dienone is 2. The molecule has 0 bridgehead atoms. The van der Waals surface area contributed by atoms with Crippen LogP contribution < -0.4 is 0 Å². The average Bonchev–Trinajstić information content (AvgIpc) is 2.47. The number of hydrogen-bond donors (Lipinski definition) is 0. The second kappa shape index (κ2) is 4.50. The molecule has 0 aromatic heterocycles. The normalized spacial score (nSPS) is 25.8. The lowest BCUT2D eigenvalue weighted by Gasteiger charge is -2.15. The summed E-state index contributed by atoms with van der Waals surface area (Å²) < 4.78 is 5.49. The molecule has 1 rings (SSSR count). The van der Waals surface area contributed by atoms with Gasteiger partial charge in [0.25, 0.3) is 0 Å². The third-order valence-corrected chi connectivity index (χ3v) is 2.88. The molecule has 0 N–H and O–H groups in total. The van der Waals surface area contributed by atoms with Gasteiger partial charge in [0.1, 0.15) is 6.10 Å². The van der Waals surface area contributed by atoms with Gasteiger partial charge in [0, 0.05) is 5.92 Å². The van der Waals surface area contributed by atoms with Gasteiger partial charge < -0.3 is 4.74 Å². The lowest BCUT2D eigenvalue weighted by Crippen LogP contribution is -2.13. The maximum atomic E-state index is 5.49. The molecule has 0 aromatic carbocycles. The Balaban J connectivity index is 2.32. The van der Waals surface area contributed by atoms with Crippen molar-refractivity contribution in [2.45, 2.75) is 46.6 Å². The van der Waals surface area contributed by atoms with Crippen LogP contribution in [0.5, 0.6) is 0 Å². The molecule has 74 valence electrons. The van der Waals surface area contributed by atoms with Crippen molar-refractivity contribution in [1.29, 1.82) is 0 Å². The quantitative estimate of drug-likeness (QED) is 0.602. The Bertz CT molecular complexity index is 221. The predicted octanol–water partition coefficient (Wildman–Crippen LogP) is 3.67. The second-order valence-electron chi connectivity index (χ2n) is 4.18. The van der Waals surface area contributed by atoms with Crippen LogP contribution in [0.4, 0.5) is 0 Å². The van der Waals surface area contributed by atoms with Crippen molar-refractivity contribution in [1.82, 2.24) is 0 Å². The Morgan fingerprint density at radius 3 is 2.46 bits per heavy atom. The summed E-state index contributed by atoms with van der Waals surface area (Å²) >= 11 is 0. The predicted molar refractivity (Wildman–Crippen MR) is 56.5 cm³/mol. The highest BCUT2D eigenvalue weighted by Gasteiger charge is 2.19. The molecule has 1 heteroatoms. The van der Waals surface area contributed by atoms with Crippen LogP contribution in [-0.4, -0.2) is 6.10 Å². The third-order valence-electron chi connectivity index (χ3n) is 2.88. The van der Waals surface area contributed by atoms with E-state index in [1.807, 2.05) is 6.26 Å². The minimum Gasteiger partial charge on any atom is -0.498 e. The van der Waals surface area contributed by atoms with Crippen LogP contribution in [0.15, 0.2) is 23.5 Å². The molecule has 0 spiro atoms. The number of rotatable bonds is 3. The fourth-order valence-corrected chi connectivity index (χ4v) is 1.46. The van der Waals surface area contributed by atoms with Gasteiger partial charge in [0.2, 0.25) is 0 Å². The molecule has 0 fully saturated rings. The lowest BCUT2D eigenvalue weighted by atomic mass is 9.98. The Labute approximate surface area is 81.5 Å². The van der Waals surface area contributed by atoms with Gasteiger partial charge in [0.15, 0.2) is 0 Å². The molecular weight excluding hydrogens is 160 g/mol. The van der Waals surface area contributed by atoms with E-state index in [0.717, 1.165) is 6.42 Å². The van der Waals surface area contributed by atoms with Crippen molar-refractivity contribution >= 4 is 0 Å². The molecule has 0 amide bonds. The van der Waals surface area contributed by atoms with Crippen molar-refractivity contribution in [2.24, 2.45) is 5.92 Å². The largest absolute Gasteiger partial charge is 0.498 e. The van der Waals surface area contributed by atoms with Crippen molar-refractivity contribution in [2.75, 3.05) is 0 Å². The van der Waals surface area contributed by atoms with E-state index in [1.165, 1.54) is 17.6 Å². The van der Waals surface area contributed by atoms with E-state index in [9.17, 15) is 0 Å². The zero-order valence-electron chi connectivity index (χ0n) is 9.13. The van der Waals surface area contributed by atoms with Crippen LogP contribution in [0.1, 0.15) is 40.5 Å². The summed E-state index contributed by atoms with van der Waals surface area (Å²) in [6, 6.07) is 0. The zero-order chi connectivity index (χ0) is 9.84. The van der Waals surface area contributed by atoms with E-state index in [4.69, 9.17) is 4.74 Å². The Kier molecular flexibility index (Phi) is 3.58. The fourth-order valence-electron chi connectivity index (χ4n) is 1.46. The van der Waals surface area contributed by atoms with Gasteiger partial charge in [-0.3, -0.25) is 0 Å². The Morgan fingerprint density at radius 2 is 2.00 bits per heavy atom. The third kappa shape index (κ3) is 2.91. The van der Waals surface area contributed by atoms with Crippen molar-refractivity contribution in [3.8, 4) is 0 Å². The van der Waals surface area contributed by atoms with E-state index in [0.29, 0.717) is 12.0 Å². The summed E-state index contributed by atoms with van der Waals surface area (Å²) in [5.74, 6) is 0.588.